The molecule has 2 nitrogen and oxygen atoms in total. The highest BCUT2D eigenvalue weighted by molar-refractivity contribution is 5.80. The molecule has 0 fully saturated rings. The van der Waals surface area contributed by atoms with E-state index in [2.05, 4.69) is 19.9 Å². The SMILES string of the molecule is CC1=CCC(c2cc(=O)c3ccccc3o2)=C1C. The molecule has 2 aromatic rings. The number of para-hydroxylation sites is 1. The van der Waals surface area contributed by atoms with Crippen LogP contribution < -0.4 is 5.43 Å². The van der Waals surface area contributed by atoms with Gasteiger partial charge in [0.25, 0.3) is 0 Å². The third-order valence-corrected chi connectivity index (χ3v) is 3.59. The van der Waals surface area contributed by atoms with Crippen LogP contribution in [-0.2, 0) is 0 Å². The summed E-state index contributed by atoms with van der Waals surface area (Å²) in [6.07, 6.45) is 3.01. The maximum Gasteiger partial charge on any atom is 0.193 e. The fourth-order valence-electron chi connectivity index (χ4n) is 2.34. The van der Waals surface area contributed by atoms with E-state index in [1.165, 1.54) is 11.1 Å². The summed E-state index contributed by atoms with van der Waals surface area (Å²) >= 11 is 0. The largest absolute Gasteiger partial charge is 0.456 e. The Morgan fingerprint density at radius 3 is 2.67 bits per heavy atom. The van der Waals surface area contributed by atoms with Gasteiger partial charge in [0.1, 0.15) is 11.3 Å². The third kappa shape index (κ3) is 1.61. The van der Waals surface area contributed by atoms with Gasteiger partial charge in [-0.2, -0.15) is 0 Å². The zero-order valence-corrected chi connectivity index (χ0v) is 10.5. The van der Waals surface area contributed by atoms with Crippen LogP contribution in [0.3, 0.4) is 0 Å². The van der Waals surface area contributed by atoms with Gasteiger partial charge < -0.3 is 4.42 Å². The third-order valence-electron chi connectivity index (χ3n) is 3.59. The lowest BCUT2D eigenvalue weighted by Gasteiger charge is -2.05. The molecule has 0 amide bonds. The molecule has 0 spiro atoms. The van der Waals surface area contributed by atoms with Crippen molar-refractivity contribution in [1.82, 2.24) is 0 Å². The molecule has 1 aliphatic carbocycles. The van der Waals surface area contributed by atoms with Crippen molar-refractivity contribution in [3.63, 3.8) is 0 Å². The average Bonchev–Trinajstić information content (AvgIpc) is 2.70. The number of fused-ring (bicyclic) bond motifs is 1. The van der Waals surface area contributed by atoms with Crippen LogP contribution >= 0.6 is 0 Å². The van der Waals surface area contributed by atoms with Crippen LogP contribution in [0.25, 0.3) is 16.5 Å². The topological polar surface area (TPSA) is 30.2 Å². The number of hydrogen-bond acceptors (Lipinski definition) is 2. The molecule has 1 aromatic carbocycles. The van der Waals surface area contributed by atoms with E-state index in [9.17, 15) is 4.79 Å². The molecule has 1 aromatic heterocycles. The number of hydrogen-bond donors (Lipinski definition) is 0. The van der Waals surface area contributed by atoms with Crippen LogP contribution in [0.1, 0.15) is 26.0 Å². The minimum Gasteiger partial charge on any atom is -0.456 e. The van der Waals surface area contributed by atoms with Crippen molar-refractivity contribution >= 4 is 16.5 Å². The molecule has 90 valence electrons. The monoisotopic (exact) mass is 238 g/mol. The molecule has 1 aliphatic rings. The Hall–Kier alpha value is -2.09. The minimum atomic E-state index is 0.0247. The van der Waals surface area contributed by atoms with E-state index < -0.39 is 0 Å². The summed E-state index contributed by atoms with van der Waals surface area (Å²) in [4.78, 5) is 12.0. The predicted molar refractivity (Wildman–Crippen MR) is 73.5 cm³/mol. The van der Waals surface area contributed by atoms with E-state index in [1.54, 1.807) is 12.1 Å². The molecule has 2 heteroatoms. The van der Waals surface area contributed by atoms with Gasteiger partial charge in [-0.25, -0.2) is 0 Å². The lowest BCUT2D eigenvalue weighted by molar-refractivity contribution is 0.584. The molecular formula is C16H14O2. The summed E-state index contributed by atoms with van der Waals surface area (Å²) in [6.45, 7) is 4.16. The van der Waals surface area contributed by atoms with Crippen LogP contribution in [0, 0.1) is 0 Å². The van der Waals surface area contributed by atoms with Crippen molar-refractivity contribution in [2.45, 2.75) is 20.3 Å². The Kier molecular flexibility index (Phi) is 2.44. The number of benzene rings is 1. The molecule has 0 unspecified atom stereocenters. The molecule has 0 saturated heterocycles. The van der Waals surface area contributed by atoms with E-state index in [-0.39, 0.29) is 5.43 Å². The van der Waals surface area contributed by atoms with Crippen LogP contribution in [0.5, 0.6) is 0 Å². The molecule has 0 bridgehead atoms. The van der Waals surface area contributed by atoms with Gasteiger partial charge >= 0.3 is 0 Å². The second kappa shape index (κ2) is 3.98. The normalized spacial score (nSPS) is 15.3. The summed E-state index contributed by atoms with van der Waals surface area (Å²) in [5.74, 6) is 0.698. The maximum absolute atomic E-state index is 12.0. The van der Waals surface area contributed by atoms with Crippen LogP contribution in [0.15, 0.2) is 56.8 Å². The first-order valence-electron chi connectivity index (χ1n) is 6.07. The first-order valence-corrected chi connectivity index (χ1v) is 6.07. The first-order chi connectivity index (χ1) is 8.66. The quantitative estimate of drug-likeness (QED) is 0.753. The van der Waals surface area contributed by atoms with E-state index in [0.717, 1.165) is 12.0 Å². The Morgan fingerprint density at radius 2 is 1.94 bits per heavy atom. The molecular weight excluding hydrogens is 224 g/mol. The van der Waals surface area contributed by atoms with Crippen molar-refractivity contribution in [1.29, 1.82) is 0 Å². The molecule has 0 saturated carbocycles. The highest BCUT2D eigenvalue weighted by Crippen LogP contribution is 2.33. The van der Waals surface area contributed by atoms with Gasteiger partial charge in [0.15, 0.2) is 5.43 Å². The first kappa shape index (κ1) is 11.0. The highest BCUT2D eigenvalue weighted by Gasteiger charge is 2.15. The lowest BCUT2D eigenvalue weighted by atomic mass is 10.1. The van der Waals surface area contributed by atoms with Crippen molar-refractivity contribution in [2.75, 3.05) is 0 Å². The van der Waals surface area contributed by atoms with Gasteiger partial charge in [0, 0.05) is 11.6 Å². The molecule has 3 rings (SSSR count). The maximum atomic E-state index is 12.0. The predicted octanol–water partition coefficient (Wildman–Crippen LogP) is 3.92. The van der Waals surface area contributed by atoms with Crippen molar-refractivity contribution in [2.24, 2.45) is 0 Å². The molecule has 0 atom stereocenters. The Bertz CT molecular complexity index is 745. The van der Waals surface area contributed by atoms with Crippen molar-refractivity contribution in [3.05, 3.63) is 63.5 Å². The highest BCUT2D eigenvalue weighted by atomic mass is 16.3. The Labute approximate surface area is 105 Å². The van der Waals surface area contributed by atoms with Gasteiger partial charge in [-0.15, -0.1) is 0 Å². The minimum absolute atomic E-state index is 0.0247. The van der Waals surface area contributed by atoms with Gasteiger partial charge in [0.05, 0.1) is 5.39 Å². The number of rotatable bonds is 1. The zero-order valence-electron chi connectivity index (χ0n) is 10.5. The molecule has 1 heterocycles. The number of allylic oxidation sites excluding steroid dienone is 4. The van der Waals surface area contributed by atoms with Crippen LogP contribution in [0.2, 0.25) is 0 Å². The Morgan fingerprint density at radius 1 is 1.17 bits per heavy atom. The molecule has 0 aliphatic heterocycles. The Balaban J connectivity index is 2.24. The van der Waals surface area contributed by atoms with E-state index in [1.807, 2.05) is 18.2 Å². The van der Waals surface area contributed by atoms with Crippen molar-refractivity contribution in [3.8, 4) is 0 Å². The summed E-state index contributed by atoms with van der Waals surface area (Å²) in [5, 5.41) is 0.641. The fourth-order valence-corrected chi connectivity index (χ4v) is 2.34. The van der Waals surface area contributed by atoms with Gasteiger partial charge in [0.2, 0.25) is 0 Å². The second-order valence-electron chi connectivity index (χ2n) is 4.67. The molecule has 0 N–H and O–H groups in total. The van der Waals surface area contributed by atoms with E-state index >= 15 is 0 Å². The summed E-state index contributed by atoms with van der Waals surface area (Å²) in [5.41, 5.74) is 4.28. The lowest BCUT2D eigenvalue weighted by Crippen LogP contribution is -2.01. The molecule has 0 radical (unpaired) electrons. The van der Waals surface area contributed by atoms with Crippen LogP contribution in [0.4, 0.5) is 0 Å². The smallest absolute Gasteiger partial charge is 0.193 e. The average molecular weight is 238 g/mol. The summed E-state index contributed by atoms with van der Waals surface area (Å²) in [7, 11) is 0. The van der Waals surface area contributed by atoms with E-state index in [0.29, 0.717) is 16.7 Å². The second-order valence-corrected chi connectivity index (χ2v) is 4.67. The zero-order chi connectivity index (χ0) is 12.7. The summed E-state index contributed by atoms with van der Waals surface area (Å²) in [6, 6.07) is 8.97. The van der Waals surface area contributed by atoms with E-state index in [4.69, 9.17) is 4.42 Å². The van der Waals surface area contributed by atoms with Crippen molar-refractivity contribution < 1.29 is 4.42 Å². The standard InChI is InChI=1S/C16H14O2/c1-10-7-8-12(11(10)2)16-9-14(17)13-5-3-4-6-15(13)18-16/h3-7,9H,8H2,1-2H3. The summed E-state index contributed by atoms with van der Waals surface area (Å²) < 4.78 is 5.85. The van der Waals surface area contributed by atoms with Gasteiger partial charge in [-0.05, 0) is 38.0 Å². The van der Waals surface area contributed by atoms with Gasteiger partial charge in [-0.1, -0.05) is 23.8 Å². The fraction of sp³-hybridized carbons (Fsp3) is 0.188. The van der Waals surface area contributed by atoms with Gasteiger partial charge in [-0.3, -0.25) is 4.79 Å². The van der Waals surface area contributed by atoms with Crippen LogP contribution in [-0.4, -0.2) is 0 Å². The molecule has 18 heavy (non-hydrogen) atoms.